The van der Waals surface area contributed by atoms with Crippen LogP contribution in [0.15, 0.2) is 12.3 Å². The van der Waals surface area contributed by atoms with Crippen molar-refractivity contribution in [3.05, 3.63) is 22.8 Å². The van der Waals surface area contributed by atoms with E-state index in [1.807, 2.05) is 0 Å². The molecular formula is C15H25ClN4. The molecule has 1 aromatic rings. The Balaban J connectivity index is 1.92. The predicted molar refractivity (Wildman–Crippen MR) is 85.6 cm³/mol. The van der Waals surface area contributed by atoms with Crippen molar-refractivity contribution in [3.8, 4) is 0 Å². The van der Waals surface area contributed by atoms with Gasteiger partial charge in [0.2, 0.25) is 0 Å². The second kappa shape index (κ2) is 7.81. The molecule has 0 bridgehead atoms. The zero-order valence-electron chi connectivity index (χ0n) is 12.5. The third kappa shape index (κ3) is 4.33. The van der Waals surface area contributed by atoms with Gasteiger partial charge in [-0.05, 0) is 44.1 Å². The molecular weight excluding hydrogens is 272 g/mol. The van der Waals surface area contributed by atoms with E-state index in [2.05, 4.69) is 40.1 Å². The summed E-state index contributed by atoms with van der Waals surface area (Å²) < 4.78 is 0. The van der Waals surface area contributed by atoms with Crippen LogP contribution in [0.25, 0.3) is 0 Å². The maximum atomic E-state index is 6.19. The SMILES string of the molecule is CCNCc1cc(N(C)CCN2CCCC2)ncc1Cl. The molecule has 2 rings (SSSR count). The highest BCUT2D eigenvalue weighted by molar-refractivity contribution is 6.31. The second-order valence-corrected chi connectivity index (χ2v) is 5.79. The highest BCUT2D eigenvalue weighted by Crippen LogP contribution is 2.20. The van der Waals surface area contributed by atoms with Crippen molar-refractivity contribution in [2.75, 3.05) is 44.7 Å². The molecule has 0 spiro atoms. The van der Waals surface area contributed by atoms with Gasteiger partial charge in [0.1, 0.15) is 5.82 Å². The lowest BCUT2D eigenvalue weighted by molar-refractivity contribution is 0.346. The van der Waals surface area contributed by atoms with E-state index in [0.717, 1.165) is 42.6 Å². The van der Waals surface area contributed by atoms with Gasteiger partial charge in [-0.25, -0.2) is 4.98 Å². The Morgan fingerprint density at radius 2 is 2.15 bits per heavy atom. The molecule has 2 heterocycles. The maximum Gasteiger partial charge on any atom is 0.128 e. The fraction of sp³-hybridized carbons (Fsp3) is 0.667. The normalized spacial score (nSPS) is 15.8. The van der Waals surface area contributed by atoms with E-state index in [-0.39, 0.29) is 0 Å². The largest absolute Gasteiger partial charge is 0.358 e. The monoisotopic (exact) mass is 296 g/mol. The van der Waals surface area contributed by atoms with Crippen LogP contribution < -0.4 is 10.2 Å². The van der Waals surface area contributed by atoms with Crippen LogP contribution in [0.2, 0.25) is 5.02 Å². The molecule has 1 N–H and O–H groups in total. The fourth-order valence-corrected chi connectivity index (χ4v) is 2.65. The van der Waals surface area contributed by atoms with Crippen LogP contribution in [0.1, 0.15) is 25.3 Å². The zero-order chi connectivity index (χ0) is 14.4. The van der Waals surface area contributed by atoms with Gasteiger partial charge in [-0.1, -0.05) is 18.5 Å². The quantitative estimate of drug-likeness (QED) is 0.837. The molecule has 0 aliphatic carbocycles. The van der Waals surface area contributed by atoms with E-state index in [9.17, 15) is 0 Å². The Labute approximate surface area is 127 Å². The molecule has 112 valence electrons. The van der Waals surface area contributed by atoms with Crippen LogP contribution >= 0.6 is 11.6 Å². The summed E-state index contributed by atoms with van der Waals surface area (Å²) in [6.45, 7) is 8.45. The van der Waals surface area contributed by atoms with Crippen molar-refractivity contribution in [2.45, 2.75) is 26.3 Å². The zero-order valence-corrected chi connectivity index (χ0v) is 13.3. The van der Waals surface area contributed by atoms with E-state index >= 15 is 0 Å². The van der Waals surface area contributed by atoms with Gasteiger partial charge in [-0.3, -0.25) is 0 Å². The lowest BCUT2D eigenvalue weighted by atomic mass is 10.2. The lowest BCUT2D eigenvalue weighted by Gasteiger charge is -2.23. The number of likely N-dealkylation sites (tertiary alicyclic amines) is 1. The van der Waals surface area contributed by atoms with E-state index in [4.69, 9.17) is 11.6 Å². The molecule has 1 fully saturated rings. The minimum Gasteiger partial charge on any atom is -0.358 e. The van der Waals surface area contributed by atoms with Crippen molar-refractivity contribution in [1.82, 2.24) is 15.2 Å². The first-order chi connectivity index (χ1) is 9.70. The maximum absolute atomic E-state index is 6.19. The molecule has 5 heteroatoms. The standard InChI is InChI=1S/C15H25ClN4/c1-3-17-11-13-10-15(18-12-14(13)16)19(2)8-9-20-6-4-5-7-20/h10,12,17H,3-9,11H2,1-2H3. The van der Waals surface area contributed by atoms with Gasteiger partial charge in [0, 0.05) is 32.9 Å². The number of nitrogens with zero attached hydrogens (tertiary/aromatic N) is 3. The first kappa shape index (κ1) is 15.5. The summed E-state index contributed by atoms with van der Waals surface area (Å²) in [5.41, 5.74) is 1.12. The number of aromatic nitrogens is 1. The lowest BCUT2D eigenvalue weighted by Crippen LogP contribution is -2.31. The number of anilines is 1. The first-order valence-electron chi connectivity index (χ1n) is 7.49. The summed E-state index contributed by atoms with van der Waals surface area (Å²) in [6, 6.07) is 2.09. The van der Waals surface area contributed by atoms with Gasteiger partial charge in [0.05, 0.1) is 5.02 Å². The van der Waals surface area contributed by atoms with Crippen molar-refractivity contribution in [1.29, 1.82) is 0 Å². The molecule has 0 radical (unpaired) electrons. The average molecular weight is 297 g/mol. The van der Waals surface area contributed by atoms with Crippen molar-refractivity contribution in [2.24, 2.45) is 0 Å². The highest BCUT2D eigenvalue weighted by atomic mass is 35.5. The van der Waals surface area contributed by atoms with Crippen LogP contribution in [-0.4, -0.2) is 49.7 Å². The van der Waals surface area contributed by atoms with E-state index in [1.165, 1.54) is 25.9 Å². The molecule has 0 saturated carbocycles. The summed E-state index contributed by atoms with van der Waals surface area (Å²) in [4.78, 5) is 9.17. The van der Waals surface area contributed by atoms with Crippen molar-refractivity contribution >= 4 is 17.4 Å². The summed E-state index contributed by atoms with van der Waals surface area (Å²) in [6.07, 6.45) is 4.45. The van der Waals surface area contributed by atoms with Gasteiger partial charge in [-0.15, -0.1) is 0 Å². The Morgan fingerprint density at radius 3 is 2.85 bits per heavy atom. The van der Waals surface area contributed by atoms with Crippen molar-refractivity contribution in [3.63, 3.8) is 0 Å². The summed E-state index contributed by atoms with van der Waals surface area (Å²) in [7, 11) is 2.10. The number of halogens is 1. The number of rotatable bonds is 7. The van der Waals surface area contributed by atoms with Gasteiger partial charge >= 0.3 is 0 Å². The number of pyridine rings is 1. The molecule has 0 aromatic carbocycles. The van der Waals surface area contributed by atoms with E-state index < -0.39 is 0 Å². The minimum absolute atomic E-state index is 0.739. The average Bonchev–Trinajstić information content (AvgIpc) is 2.97. The van der Waals surface area contributed by atoms with Gasteiger partial charge in [-0.2, -0.15) is 0 Å². The van der Waals surface area contributed by atoms with Gasteiger partial charge < -0.3 is 15.1 Å². The third-order valence-corrected chi connectivity index (χ3v) is 4.17. The molecule has 4 nitrogen and oxygen atoms in total. The van der Waals surface area contributed by atoms with Gasteiger partial charge in [0.15, 0.2) is 0 Å². The predicted octanol–water partition coefficient (Wildman–Crippen LogP) is 2.38. The van der Waals surface area contributed by atoms with E-state index in [1.54, 1.807) is 6.20 Å². The van der Waals surface area contributed by atoms with E-state index in [0.29, 0.717) is 0 Å². The van der Waals surface area contributed by atoms with Crippen molar-refractivity contribution < 1.29 is 0 Å². The second-order valence-electron chi connectivity index (χ2n) is 5.38. The Kier molecular flexibility index (Phi) is 6.07. The number of hydrogen-bond acceptors (Lipinski definition) is 4. The molecule has 1 saturated heterocycles. The Bertz CT molecular complexity index is 418. The topological polar surface area (TPSA) is 31.4 Å². The third-order valence-electron chi connectivity index (χ3n) is 3.83. The molecule has 1 aromatic heterocycles. The highest BCUT2D eigenvalue weighted by Gasteiger charge is 2.13. The molecule has 0 amide bonds. The minimum atomic E-state index is 0.739. The summed E-state index contributed by atoms with van der Waals surface area (Å²) >= 11 is 6.19. The summed E-state index contributed by atoms with van der Waals surface area (Å²) in [5, 5.41) is 4.05. The van der Waals surface area contributed by atoms with Crippen LogP contribution in [0.4, 0.5) is 5.82 Å². The summed E-state index contributed by atoms with van der Waals surface area (Å²) in [5.74, 6) is 1.00. The number of likely N-dealkylation sites (N-methyl/N-ethyl adjacent to an activating group) is 1. The molecule has 0 unspecified atom stereocenters. The first-order valence-corrected chi connectivity index (χ1v) is 7.87. The molecule has 20 heavy (non-hydrogen) atoms. The van der Waals surface area contributed by atoms with Crippen LogP contribution in [0.5, 0.6) is 0 Å². The van der Waals surface area contributed by atoms with Crippen LogP contribution in [-0.2, 0) is 6.54 Å². The number of hydrogen-bond donors (Lipinski definition) is 1. The van der Waals surface area contributed by atoms with Gasteiger partial charge in [0.25, 0.3) is 0 Å². The molecule has 1 aliphatic rings. The smallest absolute Gasteiger partial charge is 0.128 e. The number of nitrogens with one attached hydrogen (secondary N) is 1. The Morgan fingerprint density at radius 1 is 1.40 bits per heavy atom. The Hall–Kier alpha value is -0.840. The van der Waals surface area contributed by atoms with Crippen LogP contribution in [0.3, 0.4) is 0 Å². The molecule has 1 aliphatic heterocycles. The molecule has 0 atom stereocenters. The fourth-order valence-electron chi connectivity index (χ4n) is 2.48. The van der Waals surface area contributed by atoms with Crippen LogP contribution in [0, 0.1) is 0 Å².